The van der Waals surface area contributed by atoms with Crippen LogP contribution < -0.4 is 0 Å². The molecule has 1 aromatic heterocycles. The number of aryl methyl sites for hydroxylation is 1. The van der Waals surface area contributed by atoms with E-state index in [0.29, 0.717) is 6.42 Å². The summed E-state index contributed by atoms with van der Waals surface area (Å²) in [4.78, 5) is 23.6. The van der Waals surface area contributed by atoms with Crippen molar-refractivity contribution in [2.24, 2.45) is 0 Å². The Bertz CT molecular complexity index is 624. The first-order valence-electron chi connectivity index (χ1n) is 5.80. The Kier molecular flexibility index (Phi) is 2.15. The number of carbonyl (C=O) groups excluding carboxylic acids is 2. The average Bonchev–Trinajstić information content (AvgIpc) is 2.67. The number of nitrogens with zero attached hydrogens (tertiary/aromatic N) is 1. The number of fused-ring (bicyclic) bond motifs is 3. The summed E-state index contributed by atoms with van der Waals surface area (Å²) in [5, 5.41) is 1.10. The highest BCUT2D eigenvalue weighted by molar-refractivity contribution is 6.05. The van der Waals surface area contributed by atoms with E-state index in [4.69, 9.17) is 0 Å². The number of rotatable bonds is 1. The summed E-state index contributed by atoms with van der Waals surface area (Å²) in [7, 11) is 0. The van der Waals surface area contributed by atoms with Gasteiger partial charge in [0.05, 0.1) is 0 Å². The van der Waals surface area contributed by atoms with E-state index >= 15 is 0 Å². The first kappa shape index (κ1) is 10.3. The lowest BCUT2D eigenvalue weighted by Gasteiger charge is -2.23. The van der Waals surface area contributed by atoms with Gasteiger partial charge in [0.25, 0.3) is 0 Å². The highest BCUT2D eigenvalue weighted by Crippen LogP contribution is 2.30. The molecule has 2 aromatic rings. The molecule has 2 heterocycles. The third-order valence-corrected chi connectivity index (χ3v) is 3.40. The Morgan fingerprint density at radius 2 is 2.06 bits per heavy atom. The van der Waals surface area contributed by atoms with Crippen molar-refractivity contribution in [2.45, 2.75) is 25.8 Å². The number of Topliss-reactive ketones (excluding diaryl/α,β-unsaturated/α-hetero) is 2. The van der Waals surface area contributed by atoms with Gasteiger partial charge in [-0.15, -0.1) is 0 Å². The molecule has 0 amide bonds. The average molecular weight is 227 g/mol. The van der Waals surface area contributed by atoms with Gasteiger partial charge in [0, 0.05) is 17.6 Å². The molecule has 0 saturated heterocycles. The molecule has 0 aliphatic carbocycles. The molecule has 0 radical (unpaired) electrons. The molecule has 17 heavy (non-hydrogen) atoms. The number of ketones is 2. The van der Waals surface area contributed by atoms with Crippen LogP contribution in [0.25, 0.3) is 10.9 Å². The Labute approximate surface area is 99.0 Å². The van der Waals surface area contributed by atoms with Crippen LogP contribution in [0.4, 0.5) is 0 Å². The molecule has 1 atom stereocenters. The van der Waals surface area contributed by atoms with E-state index in [1.165, 1.54) is 6.92 Å². The molecule has 0 spiro atoms. The fourth-order valence-corrected chi connectivity index (χ4v) is 2.67. The molecule has 1 aromatic carbocycles. The summed E-state index contributed by atoms with van der Waals surface area (Å²) in [5.41, 5.74) is 2.07. The Hall–Kier alpha value is -1.90. The van der Waals surface area contributed by atoms with Crippen LogP contribution in [0.5, 0.6) is 0 Å². The van der Waals surface area contributed by atoms with E-state index in [1.54, 1.807) is 0 Å². The molecule has 0 saturated carbocycles. The van der Waals surface area contributed by atoms with Gasteiger partial charge in [-0.1, -0.05) is 18.2 Å². The van der Waals surface area contributed by atoms with Gasteiger partial charge in [0.15, 0.2) is 17.6 Å². The number of para-hydroxylation sites is 1. The van der Waals surface area contributed by atoms with Crippen LogP contribution in [-0.2, 0) is 16.0 Å². The molecule has 0 bridgehead atoms. The molecule has 0 N–H and O–H groups in total. The smallest absolute Gasteiger partial charge is 0.163 e. The van der Waals surface area contributed by atoms with Gasteiger partial charge in [0.2, 0.25) is 0 Å². The maximum absolute atomic E-state index is 11.9. The van der Waals surface area contributed by atoms with Crippen LogP contribution in [0.15, 0.2) is 30.3 Å². The van der Waals surface area contributed by atoms with Crippen LogP contribution in [-0.4, -0.2) is 16.1 Å². The van der Waals surface area contributed by atoms with E-state index in [0.717, 1.165) is 23.0 Å². The molecule has 1 aliphatic heterocycles. The normalized spacial score (nSPS) is 19.4. The summed E-state index contributed by atoms with van der Waals surface area (Å²) >= 11 is 0. The van der Waals surface area contributed by atoms with Crippen molar-refractivity contribution in [3.8, 4) is 0 Å². The van der Waals surface area contributed by atoms with E-state index < -0.39 is 6.04 Å². The zero-order valence-electron chi connectivity index (χ0n) is 9.64. The number of hydrogen-bond donors (Lipinski definition) is 0. The predicted octanol–water partition coefficient (Wildman–Crippen LogP) is 2.29. The quantitative estimate of drug-likeness (QED) is 0.701. The van der Waals surface area contributed by atoms with Gasteiger partial charge in [-0.3, -0.25) is 9.59 Å². The van der Waals surface area contributed by atoms with E-state index in [-0.39, 0.29) is 11.6 Å². The second-order valence-corrected chi connectivity index (χ2v) is 4.54. The Morgan fingerprint density at radius 3 is 2.82 bits per heavy atom. The monoisotopic (exact) mass is 227 g/mol. The van der Waals surface area contributed by atoms with Gasteiger partial charge in [-0.2, -0.15) is 0 Å². The second-order valence-electron chi connectivity index (χ2n) is 4.54. The highest BCUT2D eigenvalue weighted by atomic mass is 16.2. The summed E-state index contributed by atoms with van der Waals surface area (Å²) in [5.74, 6) is -0.0383. The zero-order chi connectivity index (χ0) is 12.0. The highest BCUT2D eigenvalue weighted by Gasteiger charge is 2.31. The molecule has 0 fully saturated rings. The lowest BCUT2D eigenvalue weighted by molar-refractivity contribution is -0.131. The van der Waals surface area contributed by atoms with Gasteiger partial charge in [0.1, 0.15) is 0 Å². The molecule has 1 aliphatic rings. The largest absolute Gasteiger partial charge is 0.327 e. The summed E-state index contributed by atoms with van der Waals surface area (Å²) in [6.07, 6.45) is 1.21. The molecule has 3 rings (SSSR count). The van der Waals surface area contributed by atoms with Crippen molar-refractivity contribution < 1.29 is 9.59 Å². The van der Waals surface area contributed by atoms with E-state index in [2.05, 4.69) is 6.07 Å². The van der Waals surface area contributed by atoms with Crippen molar-refractivity contribution in [1.82, 2.24) is 4.57 Å². The molecule has 3 heteroatoms. The second kappa shape index (κ2) is 3.55. The molecule has 1 unspecified atom stereocenters. The van der Waals surface area contributed by atoms with Gasteiger partial charge in [-0.05, 0) is 30.9 Å². The first-order valence-corrected chi connectivity index (χ1v) is 5.80. The summed E-state index contributed by atoms with van der Waals surface area (Å²) in [6.45, 7) is 1.49. The molecule has 86 valence electrons. The Balaban J connectivity index is 2.32. The lowest BCUT2D eigenvalue weighted by Crippen LogP contribution is -2.31. The van der Waals surface area contributed by atoms with Crippen molar-refractivity contribution in [1.29, 1.82) is 0 Å². The number of benzene rings is 1. The van der Waals surface area contributed by atoms with Crippen molar-refractivity contribution >= 4 is 22.5 Å². The molecule has 3 nitrogen and oxygen atoms in total. The minimum absolute atomic E-state index is 0.0337. The summed E-state index contributed by atoms with van der Waals surface area (Å²) < 4.78 is 1.91. The predicted molar refractivity (Wildman–Crippen MR) is 65.0 cm³/mol. The van der Waals surface area contributed by atoms with Crippen LogP contribution in [0, 0.1) is 0 Å². The van der Waals surface area contributed by atoms with Gasteiger partial charge >= 0.3 is 0 Å². The van der Waals surface area contributed by atoms with Crippen LogP contribution in [0.1, 0.15) is 25.1 Å². The standard InChI is InChI=1S/C14H13NO2/c1-9(16)14-13(17)7-6-11-8-10-4-2-3-5-12(10)15(11)14/h2-5,8,14H,6-7H2,1H3. The van der Waals surface area contributed by atoms with E-state index in [9.17, 15) is 9.59 Å². The third-order valence-electron chi connectivity index (χ3n) is 3.40. The first-order chi connectivity index (χ1) is 8.18. The third kappa shape index (κ3) is 1.42. The van der Waals surface area contributed by atoms with Crippen molar-refractivity contribution in [3.05, 3.63) is 36.0 Å². The SMILES string of the molecule is CC(=O)C1C(=O)CCc2cc3ccccc3n21. The van der Waals surface area contributed by atoms with Crippen LogP contribution in [0.2, 0.25) is 0 Å². The maximum atomic E-state index is 11.9. The van der Waals surface area contributed by atoms with Crippen molar-refractivity contribution in [2.75, 3.05) is 0 Å². The minimum Gasteiger partial charge on any atom is -0.327 e. The fraction of sp³-hybridized carbons (Fsp3) is 0.286. The zero-order valence-corrected chi connectivity index (χ0v) is 9.64. The van der Waals surface area contributed by atoms with Crippen LogP contribution in [0.3, 0.4) is 0 Å². The molecular weight excluding hydrogens is 214 g/mol. The maximum Gasteiger partial charge on any atom is 0.163 e. The number of aromatic nitrogens is 1. The lowest BCUT2D eigenvalue weighted by atomic mass is 9.98. The summed E-state index contributed by atoms with van der Waals surface area (Å²) in [6, 6.07) is 9.36. The van der Waals surface area contributed by atoms with Crippen molar-refractivity contribution in [3.63, 3.8) is 0 Å². The number of carbonyl (C=O) groups is 2. The fourth-order valence-electron chi connectivity index (χ4n) is 2.67. The van der Waals surface area contributed by atoms with Gasteiger partial charge < -0.3 is 4.57 Å². The van der Waals surface area contributed by atoms with Gasteiger partial charge in [-0.25, -0.2) is 0 Å². The Morgan fingerprint density at radius 1 is 1.29 bits per heavy atom. The number of hydrogen-bond acceptors (Lipinski definition) is 2. The topological polar surface area (TPSA) is 39.1 Å². The van der Waals surface area contributed by atoms with E-state index in [1.807, 2.05) is 28.8 Å². The van der Waals surface area contributed by atoms with Crippen LogP contribution >= 0.6 is 0 Å². The minimum atomic E-state index is -0.612. The molecular formula is C14H13NO2.